The first-order chi connectivity index (χ1) is 12.5. The molecular weight excluding hydrogens is 358 g/mol. The number of benzene rings is 1. The van der Waals surface area contributed by atoms with E-state index in [4.69, 9.17) is 9.47 Å². The minimum atomic E-state index is -3.09. The van der Waals surface area contributed by atoms with Gasteiger partial charge in [-0.05, 0) is 26.3 Å². The maximum atomic E-state index is 14.6. The third-order valence-electron chi connectivity index (χ3n) is 4.76. The Balaban J connectivity index is 1.57. The molecule has 3 rings (SSSR count). The van der Waals surface area contributed by atoms with Crippen molar-refractivity contribution in [2.45, 2.75) is 38.9 Å². The van der Waals surface area contributed by atoms with Crippen LogP contribution in [0.5, 0.6) is 0 Å². The Hall–Kier alpha value is -2.38. The van der Waals surface area contributed by atoms with E-state index in [2.05, 4.69) is 0 Å². The van der Waals surface area contributed by atoms with Gasteiger partial charge in [-0.25, -0.2) is 18.4 Å². The molecule has 0 unspecified atom stereocenters. The maximum absolute atomic E-state index is 14.6. The third-order valence-corrected chi connectivity index (χ3v) is 4.76. The molecule has 2 fully saturated rings. The van der Waals surface area contributed by atoms with E-state index >= 15 is 0 Å². The van der Waals surface area contributed by atoms with Crippen molar-refractivity contribution in [2.24, 2.45) is 5.41 Å². The summed E-state index contributed by atoms with van der Waals surface area (Å²) in [5.74, 6) is -3.09. The summed E-state index contributed by atoms with van der Waals surface area (Å²) >= 11 is 0. The molecule has 148 valence electrons. The highest BCUT2D eigenvalue weighted by Gasteiger charge is 2.67. The predicted octanol–water partition coefficient (Wildman–Crippen LogP) is 3.51. The van der Waals surface area contributed by atoms with Crippen molar-refractivity contribution in [2.75, 3.05) is 26.2 Å². The van der Waals surface area contributed by atoms with E-state index in [1.165, 1.54) is 4.90 Å². The molecule has 1 aromatic rings. The fourth-order valence-electron chi connectivity index (χ4n) is 3.36. The first-order valence-corrected chi connectivity index (χ1v) is 8.83. The molecule has 0 aromatic heterocycles. The average Bonchev–Trinajstić information content (AvgIpc) is 2.82. The first kappa shape index (κ1) is 19.4. The molecule has 0 saturated carbocycles. The lowest BCUT2D eigenvalue weighted by atomic mass is 9.76. The zero-order valence-corrected chi connectivity index (χ0v) is 15.7. The minimum Gasteiger partial charge on any atom is -0.445 e. The van der Waals surface area contributed by atoms with Gasteiger partial charge in [-0.2, -0.15) is 0 Å². The number of carbonyl (C=O) groups is 2. The Bertz CT molecular complexity index is 712. The maximum Gasteiger partial charge on any atom is 0.410 e. The molecule has 0 radical (unpaired) electrons. The van der Waals surface area contributed by atoms with Crippen molar-refractivity contribution >= 4 is 12.2 Å². The third kappa shape index (κ3) is 3.99. The van der Waals surface area contributed by atoms with E-state index in [1.54, 1.807) is 32.9 Å². The lowest BCUT2D eigenvalue weighted by Gasteiger charge is -2.49. The number of ether oxygens (including phenoxy) is 2. The lowest BCUT2D eigenvalue weighted by molar-refractivity contribution is -0.151. The molecule has 27 heavy (non-hydrogen) atoms. The molecule has 2 aliphatic rings. The number of halogens is 2. The van der Waals surface area contributed by atoms with Gasteiger partial charge in [-0.3, -0.25) is 0 Å². The van der Waals surface area contributed by atoms with Crippen LogP contribution in [0.3, 0.4) is 0 Å². The zero-order valence-electron chi connectivity index (χ0n) is 15.7. The highest BCUT2D eigenvalue weighted by atomic mass is 19.3. The smallest absolute Gasteiger partial charge is 0.410 e. The van der Waals surface area contributed by atoms with Gasteiger partial charge in [0.15, 0.2) is 0 Å². The summed E-state index contributed by atoms with van der Waals surface area (Å²) in [7, 11) is 0. The Morgan fingerprint density at radius 3 is 2.11 bits per heavy atom. The zero-order chi connectivity index (χ0) is 19.9. The molecule has 2 amide bonds. The van der Waals surface area contributed by atoms with E-state index in [1.807, 2.05) is 18.2 Å². The Morgan fingerprint density at radius 1 is 1.00 bits per heavy atom. The van der Waals surface area contributed by atoms with Crippen LogP contribution in [0.25, 0.3) is 0 Å². The van der Waals surface area contributed by atoms with Gasteiger partial charge in [0.1, 0.15) is 12.2 Å². The van der Waals surface area contributed by atoms with Crippen LogP contribution in [0.1, 0.15) is 26.3 Å². The summed E-state index contributed by atoms with van der Waals surface area (Å²) in [5.41, 5.74) is -1.34. The predicted molar refractivity (Wildman–Crippen MR) is 93.4 cm³/mol. The second-order valence-electron chi connectivity index (χ2n) is 8.22. The molecule has 0 aliphatic carbocycles. The molecule has 0 N–H and O–H groups in total. The first-order valence-electron chi connectivity index (χ1n) is 8.83. The summed E-state index contributed by atoms with van der Waals surface area (Å²) in [6.45, 7) is 4.04. The number of likely N-dealkylation sites (tertiary alicyclic amines) is 2. The summed E-state index contributed by atoms with van der Waals surface area (Å²) in [4.78, 5) is 26.5. The fourth-order valence-corrected chi connectivity index (χ4v) is 3.36. The van der Waals surface area contributed by atoms with Crippen LogP contribution in [-0.4, -0.2) is 59.7 Å². The topological polar surface area (TPSA) is 59.1 Å². The molecule has 2 heterocycles. The highest BCUT2D eigenvalue weighted by Crippen LogP contribution is 2.50. The van der Waals surface area contributed by atoms with Crippen molar-refractivity contribution in [3.05, 3.63) is 35.9 Å². The van der Waals surface area contributed by atoms with E-state index in [0.717, 1.165) is 10.5 Å². The Kier molecular flexibility index (Phi) is 4.78. The number of rotatable bonds is 2. The molecule has 2 aliphatic heterocycles. The molecule has 6 nitrogen and oxygen atoms in total. The van der Waals surface area contributed by atoms with Crippen LogP contribution in [0.15, 0.2) is 30.3 Å². The number of alkyl halides is 2. The van der Waals surface area contributed by atoms with Gasteiger partial charge in [-0.15, -0.1) is 0 Å². The summed E-state index contributed by atoms with van der Waals surface area (Å²) in [6.07, 6.45) is -1.39. The van der Waals surface area contributed by atoms with E-state index in [-0.39, 0.29) is 26.2 Å². The largest absolute Gasteiger partial charge is 0.445 e. The van der Waals surface area contributed by atoms with Gasteiger partial charge in [0.25, 0.3) is 5.92 Å². The molecule has 2 saturated heterocycles. The average molecular weight is 382 g/mol. The van der Waals surface area contributed by atoms with Gasteiger partial charge in [-0.1, -0.05) is 30.3 Å². The second kappa shape index (κ2) is 6.65. The molecule has 1 spiro atoms. The quantitative estimate of drug-likeness (QED) is 0.785. The van der Waals surface area contributed by atoms with Crippen molar-refractivity contribution in [1.82, 2.24) is 9.80 Å². The van der Waals surface area contributed by atoms with Gasteiger partial charge in [0.2, 0.25) is 0 Å². The van der Waals surface area contributed by atoms with Crippen LogP contribution in [0.2, 0.25) is 0 Å². The van der Waals surface area contributed by atoms with E-state index in [9.17, 15) is 18.4 Å². The van der Waals surface area contributed by atoms with Gasteiger partial charge >= 0.3 is 12.2 Å². The van der Waals surface area contributed by atoms with Crippen LogP contribution < -0.4 is 0 Å². The van der Waals surface area contributed by atoms with E-state index in [0.29, 0.717) is 0 Å². The minimum absolute atomic E-state index is 0.0266. The van der Waals surface area contributed by atoms with Gasteiger partial charge < -0.3 is 19.3 Å². The van der Waals surface area contributed by atoms with Crippen molar-refractivity contribution < 1.29 is 27.8 Å². The lowest BCUT2D eigenvalue weighted by Crippen LogP contribution is -2.66. The highest BCUT2D eigenvalue weighted by molar-refractivity contribution is 5.71. The number of carbonyl (C=O) groups excluding carboxylic acids is 2. The Morgan fingerprint density at radius 2 is 1.56 bits per heavy atom. The number of amides is 2. The standard InChI is InChI=1S/C19H24F2N2O4/c1-17(2,3)27-16(25)22-10-18(11-22)12-23(13-19(18,20)21)15(24)26-9-14-7-5-4-6-8-14/h4-8H,9-13H2,1-3H3. The molecule has 0 atom stereocenters. The van der Waals surface area contributed by atoms with Gasteiger partial charge in [0.05, 0.1) is 12.0 Å². The number of hydrogen-bond acceptors (Lipinski definition) is 4. The van der Waals surface area contributed by atoms with Crippen molar-refractivity contribution in [3.8, 4) is 0 Å². The van der Waals surface area contributed by atoms with Crippen LogP contribution in [0.4, 0.5) is 18.4 Å². The molecule has 1 aromatic carbocycles. The van der Waals surface area contributed by atoms with Crippen LogP contribution >= 0.6 is 0 Å². The molecular formula is C19H24F2N2O4. The van der Waals surface area contributed by atoms with Crippen molar-refractivity contribution in [1.29, 1.82) is 0 Å². The number of nitrogens with zero attached hydrogens (tertiary/aromatic N) is 2. The SMILES string of the molecule is CC(C)(C)OC(=O)N1CC2(CN(C(=O)OCc3ccccc3)CC2(F)F)C1. The van der Waals surface area contributed by atoms with Crippen LogP contribution in [-0.2, 0) is 16.1 Å². The summed E-state index contributed by atoms with van der Waals surface area (Å²) in [5, 5.41) is 0. The summed E-state index contributed by atoms with van der Waals surface area (Å²) in [6, 6.07) is 9.03. The number of hydrogen-bond donors (Lipinski definition) is 0. The Labute approximate surface area is 157 Å². The monoisotopic (exact) mass is 382 g/mol. The molecule has 8 heteroatoms. The second-order valence-corrected chi connectivity index (χ2v) is 8.22. The fraction of sp³-hybridized carbons (Fsp3) is 0.579. The molecule has 0 bridgehead atoms. The van der Waals surface area contributed by atoms with Crippen molar-refractivity contribution in [3.63, 3.8) is 0 Å². The van der Waals surface area contributed by atoms with E-state index < -0.39 is 35.7 Å². The van der Waals surface area contributed by atoms with Crippen LogP contribution in [0, 0.1) is 5.41 Å². The normalized spacial score (nSPS) is 20.3. The van der Waals surface area contributed by atoms with Gasteiger partial charge in [0, 0.05) is 19.6 Å². The summed E-state index contributed by atoms with van der Waals surface area (Å²) < 4.78 is 39.5.